The summed E-state index contributed by atoms with van der Waals surface area (Å²) in [5.41, 5.74) is 4.97. The summed E-state index contributed by atoms with van der Waals surface area (Å²) in [7, 11) is 0. The van der Waals surface area contributed by atoms with E-state index in [0.29, 0.717) is 0 Å². The second-order valence-electron chi connectivity index (χ2n) is 3.16. The molecule has 0 radical (unpaired) electrons. The summed E-state index contributed by atoms with van der Waals surface area (Å²) in [5.74, 6) is -0.802. The normalized spacial score (nSPS) is 11.2. The van der Waals surface area contributed by atoms with Crippen molar-refractivity contribution >= 4 is 35.8 Å². The van der Waals surface area contributed by atoms with Gasteiger partial charge in [-0.15, -0.1) is 0 Å². The molecule has 0 spiro atoms. The molecule has 0 heterocycles. The van der Waals surface area contributed by atoms with Gasteiger partial charge >= 0.3 is 93.5 Å². The third kappa shape index (κ3) is 2.79. The van der Waals surface area contributed by atoms with Gasteiger partial charge in [0.05, 0.1) is 0 Å². The molecule has 6 N–H and O–H groups in total. The monoisotopic (exact) mass is 290 g/mol. The van der Waals surface area contributed by atoms with Gasteiger partial charge in [-0.05, 0) is 0 Å². The first-order chi connectivity index (χ1) is 7.21. The maximum absolute atomic E-state index is 11.2. The van der Waals surface area contributed by atoms with Crippen LogP contribution in [0.25, 0.3) is 0 Å². The molecule has 0 unspecified atom stereocenters. The molecular weight excluding hydrogens is 279 g/mol. The fraction of sp³-hybridized carbons (Fsp3) is 0.125. The van der Waals surface area contributed by atoms with E-state index in [0.717, 1.165) is 12.1 Å². The van der Waals surface area contributed by atoms with Gasteiger partial charge in [-0.1, -0.05) is 0 Å². The number of rotatable bonds is 2. The van der Waals surface area contributed by atoms with Gasteiger partial charge in [0, 0.05) is 0 Å². The first-order valence-corrected chi connectivity index (χ1v) is 7.56. The van der Waals surface area contributed by atoms with Crippen molar-refractivity contribution in [1.82, 2.24) is 0 Å². The summed E-state index contributed by atoms with van der Waals surface area (Å²) in [5, 5.41) is 11.4. The zero-order valence-corrected chi connectivity index (χ0v) is 10.2. The summed E-state index contributed by atoms with van der Waals surface area (Å²) < 4.78 is 29.0. The molecule has 0 saturated carbocycles. The van der Waals surface area contributed by atoms with Crippen LogP contribution in [0.5, 0.6) is 5.75 Å². The Labute approximate surface area is 93.9 Å². The third-order valence-electron chi connectivity index (χ3n) is 1.73. The van der Waals surface area contributed by atoms with Gasteiger partial charge in [-0.3, -0.25) is 0 Å². The molecule has 16 heavy (non-hydrogen) atoms. The van der Waals surface area contributed by atoms with E-state index in [9.17, 15) is 13.6 Å². The van der Waals surface area contributed by atoms with Crippen LogP contribution in [0.4, 0.5) is 11.4 Å². The molecule has 88 valence electrons. The Morgan fingerprint density at radius 2 is 2.00 bits per heavy atom. The third-order valence-corrected chi connectivity index (χ3v) is 4.00. The van der Waals surface area contributed by atoms with E-state index in [1.54, 1.807) is 0 Å². The second-order valence-corrected chi connectivity index (χ2v) is 6.38. The van der Waals surface area contributed by atoms with E-state index in [1.807, 2.05) is 0 Å². The second kappa shape index (κ2) is 4.21. The Kier molecular flexibility index (Phi) is 3.32. The molecule has 8 heteroatoms. The number of nitrogen functional groups attached to an aromatic ring is 1. The number of aromatic hydroxyl groups is 1. The van der Waals surface area contributed by atoms with Crippen molar-refractivity contribution in [2.75, 3.05) is 11.1 Å². The van der Waals surface area contributed by atoms with Crippen LogP contribution in [0.1, 0.15) is 6.92 Å². The molecule has 0 fully saturated rings. The molecule has 0 atom stereocenters. The molecular formula is C8H11AsN2O5. The van der Waals surface area contributed by atoms with Gasteiger partial charge in [0.15, 0.2) is 0 Å². The standard InChI is InChI=1S/C8H11AsN2O5/c1-4(12)11-7-3-5(13)2-6(10)8(7)9(14,15)16/h2-3,13H,10H2,1H3,(H,11,12)(H2,14,15,16). The molecule has 0 aliphatic heterocycles. The van der Waals surface area contributed by atoms with Gasteiger partial charge in [0.25, 0.3) is 0 Å². The molecule has 0 bridgehead atoms. The minimum absolute atomic E-state index is 0.169. The number of carbonyl (C=O) groups excluding carboxylic acids is 1. The molecule has 1 aromatic rings. The quantitative estimate of drug-likeness (QED) is 0.332. The van der Waals surface area contributed by atoms with Crippen molar-refractivity contribution in [3.63, 3.8) is 0 Å². The maximum atomic E-state index is 11.2. The van der Waals surface area contributed by atoms with Gasteiger partial charge in [0.2, 0.25) is 0 Å². The first kappa shape index (κ1) is 12.6. The van der Waals surface area contributed by atoms with Crippen LogP contribution in [0, 0.1) is 0 Å². The summed E-state index contributed by atoms with van der Waals surface area (Å²) >= 11 is -5.26. The van der Waals surface area contributed by atoms with Crippen molar-refractivity contribution in [1.29, 1.82) is 0 Å². The van der Waals surface area contributed by atoms with Crippen molar-refractivity contribution < 1.29 is 21.8 Å². The molecule has 1 rings (SSSR count). The van der Waals surface area contributed by atoms with Crippen LogP contribution in [-0.4, -0.2) is 33.4 Å². The molecule has 7 nitrogen and oxygen atoms in total. The summed E-state index contributed by atoms with van der Waals surface area (Å²) in [6.45, 7) is 1.18. The predicted molar refractivity (Wildman–Crippen MR) is 57.3 cm³/mol. The predicted octanol–water partition coefficient (Wildman–Crippen LogP) is -1.51. The number of nitrogens with one attached hydrogen (secondary N) is 1. The molecule has 0 aliphatic carbocycles. The van der Waals surface area contributed by atoms with Crippen molar-refractivity contribution in [2.45, 2.75) is 6.92 Å². The van der Waals surface area contributed by atoms with Crippen molar-refractivity contribution in [2.24, 2.45) is 0 Å². The molecule has 0 aliphatic rings. The number of hydrogen-bond acceptors (Lipinski definition) is 4. The number of benzene rings is 1. The van der Waals surface area contributed by atoms with E-state index in [4.69, 9.17) is 13.9 Å². The number of phenolic OH excluding ortho intramolecular Hbond substituents is 1. The number of phenols is 1. The fourth-order valence-corrected chi connectivity index (χ4v) is 3.00. The summed E-state index contributed by atoms with van der Waals surface area (Å²) in [6, 6.07) is 2.05. The summed E-state index contributed by atoms with van der Waals surface area (Å²) in [6.07, 6.45) is 0. The van der Waals surface area contributed by atoms with Crippen molar-refractivity contribution in [3.8, 4) is 5.75 Å². The Balaban J connectivity index is 3.44. The van der Waals surface area contributed by atoms with Gasteiger partial charge in [-0.2, -0.15) is 0 Å². The molecule has 0 saturated heterocycles. The number of hydrogen-bond donors (Lipinski definition) is 5. The topological polar surface area (TPSA) is 133 Å². The van der Waals surface area contributed by atoms with Crippen molar-refractivity contribution in [3.05, 3.63) is 12.1 Å². The average molecular weight is 290 g/mol. The van der Waals surface area contributed by atoms with Crippen LogP contribution in [0.3, 0.4) is 0 Å². The van der Waals surface area contributed by atoms with Crippen LogP contribution >= 0.6 is 0 Å². The molecule has 0 aromatic heterocycles. The van der Waals surface area contributed by atoms with Gasteiger partial charge in [-0.25, -0.2) is 0 Å². The Hall–Kier alpha value is -1.43. The average Bonchev–Trinajstić information content (AvgIpc) is 1.96. The van der Waals surface area contributed by atoms with Gasteiger partial charge in [0.1, 0.15) is 0 Å². The first-order valence-electron chi connectivity index (χ1n) is 4.18. The Morgan fingerprint density at radius 3 is 2.44 bits per heavy atom. The minimum atomic E-state index is -5.26. The molecule has 1 amide bonds. The zero-order chi connectivity index (χ0) is 12.5. The number of nitrogens with two attached hydrogens (primary N) is 1. The zero-order valence-electron chi connectivity index (χ0n) is 8.34. The van der Waals surface area contributed by atoms with Crippen LogP contribution in [0.2, 0.25) is 0 Å². The van der Waals surface area contributed by atoms with Crippen LogP contribution in [-0.2, 0) is 8.53 Å². The van der Waals surface area contributed by atoms with E-state index in [2.05, 4.69) is 5.32 Å². The molecule has 1 aromatic carbocycles. The number of amides is 1. The van der Waals surface area contributed by atoms with Crippen LogP contribution < -0.4 is 15.4 Å². The van der Waals surface area contributed by atoms with Crippen LogP contribution in [0.15, 0.2) is 12.1 Å². The van der Waals surface area contributed by atoms with E-state index >= 15 is 0 Å². The summed E-state index contributed by atoms with van der Waals surface area (Å²) in [4.78, 5) is 10.8. The Morgan fingerprint density at radius 1 is 1.44 bits per heavy atom. The number of anilines is 2. The fourth-order valence-electron chi connectivity index (χ4n) is 1.25. The van der Waals surface area contributed by atoms with E-state index in [-0.39, 0.29) is 17.1 Å². The van der Waals surface area contributed by atoms with E-state index in [1.165, 1.54) is 6.92 Å². The SMILES string of the molecule is CC(=O)Nc1cc(O)cc(N)c1[As](=O)(O)O. The van der Waals surface area contributed by atoms with Gasteiger partial charge < -0.3 is 0 Å². The Bertz CT molecular complexity index is 482. The van der Waals surface area contributed by atoms with E-state index < -0.39 is 24.4 Å². The number of carbonyl (C=O) groups is 1.